The van der Waals surface area contributed by atoms with Crippen LogP contribution in [0.25, 0.3) is 0 Å². The van der Waals surface area contributed by atoms with Gasteiger partial charge in [-0.1, -0.05) is 6.92 Å². The van der Waals surface area contributed by atoms with Crippen LogP contribution in [-0.4, -0.2) is 35.2 Å². The predicted molar refractivity (Wildman–Crippen MR) is 62.6 cm³/mol. The highest BCUT2D eigenvalue weighted by Gasteiger charge is 2.35. The molecule has 1 aromatic rings. The van der Waals surface area contributed by atoms with Crippen LogP contribution in [0.5, 0.6) is 5.88 Å². The van der Waals surface area contributed by atoms with Gasteiger partial charge in [-0.3, -0.25) is 4.98 Å². The van der Waals surface area contributed by atoms with E-state index in [1.807, 2.05) is 6.92 Å². The number of anilines is 1. The van der Waals surface area contributed by atoms with Crippen molar-refractivity contribution in [2.45, 2.75) is 25.8 Å². The summed E-state index contributed by atoms with van der Waals surface area (Å²) >= 11 is 0. The lowest BCUT2D eigenvalue weighted by Crippen LogP contribution is -2.65. The van der Waals surface area contributed by atoms with Gasteiger partial charge in [0.25, 0.3) is 0 Å². The number of ether oxygens (including phenoxy) is 1. The summed E-state index contributed by atoms with van der Waals surface area (Å²) in [5, 5.41) is 0. The Hall–Kier alpha value is -1.36. The van der Waals surface area contributed by atoms with Crippen LogP contribution in [0.3, 0.4) is 0 Å². The van der Waals surface area contributed by atoms with Gasteiger partial charge in [-0.2, -0.15) is 4.98 Å². The number of nitrogens with zero attached hydrogens (tertiary/aromatic N) is 3. The minimum Gasteiger partial charge on any atom is -0.477 e. The Balaban J connectivity index is 2.00. The molecule has 16 heavy (non-hydrogen) atoms. The van der Waals surface area contributed by atoms with Crippen molar-refractivity contribution in [1.29, 1.82) is 0 Å². The molecule has 5 heteroatoms. The fourth-order valence-corrected chi connectivity index (χ4v) is 1.75. The molecule has 0 bridgehead atoms. The van der Waals surface area contributed by atoms with Gasteiger partial charge in [0.15, 0.2) is 5.82 Å². The third-order valence-corrected chi connectivity index (χ3v) is 2.48. The highest BCUT2D eigenvalue weighted by Crippen LogP contribution is 2.24. The molecule has 5 nitrogen and oxygen atoms in total. The van der Waals surface area contributed by atoms with Crippen LogP contribution in [0.4, 0.5) is 5.82 Å². The molecule has 1 saturated heterocycles. The largest absolute Gasteiger partial charge is 0.477 e. The summed E-state index contributed by atoms with van der Waals surface area (Å²) in [4.78, 5) is 10.6. The molecule has 0 saturated carbocycles. The Labute approximate surface area is 95.6 Å². The van der Waals surface area contributed by atoms with E-state index in [9.17, 15) is 0 Å². The molecule has 2 rings (SSSR count). The van der Waals surface area contributed by atoms with Crippen LogP contribution >= 0.6 is 0 Å². The van der Waals surface area contributed by atoms with Gasteiger partial charge in [-0.15, -0.1) is 0 Å². The van der Waals surface area contributed by atoms with Gasteiger partial charge in [-0.25, -0.2) is 0 Å². The number of rotatable bonds is 4. The van der Waals surface area contributed by atoms with Crippen molar-refractivity contribution in [2.24, 2.45) is 5.73 Å². The molecular formula is C11H18N4O. The fourth-order valence-electron chi connectivity index (χ4n) is 1.75. The van der Waals surface area contributed by atoms with Gasteiger partial charge in [0.2, 0.25) is 5.88 Å². The van der Waals surface area contributed by atoms with Gasteiger partial charge < -0.3 is 15.4 Å². The topological polar surface area (TPSA) is 64.3 Å². The van der Waals surface area contributed by atoms with E-state index >= 15 is 0 Å². The van der Waals surface area contributed by atoms with E-state index in [4.69, 9.17) is 10.5 Å². The molecule has 1 aliphatic rings. The summed E-state index contributed by atoms with van der Waals surface area (Å²) in [7, 11) is 0. The summed E-state index contributed by atoms with van der Waals surface area (Å²) in [6, 6.07) is 0. The summed E-state index contributed by atoms with van der Waals surface area (Å²) in [5.41, 5.74) is 5.85. The van der Waals surface area contributed by atoms with Crippen molar-refractivity contribution in [3.8, 4) is 5.88 Å². The van der Waals surface area contributed by atoms with Crippen molar-refractivity contribution in [1.82, 2.24) is 9.97 Å². The predicted octanol–water partition coefficient (Wildman–Crippen LogP) is 0.803. The van der Waals surface area contributed by atoms with Crippen LogP contribution in [0.1, 0.15) is 20.3 Å². The van der Waals surface area contributed by atoms with Crippen molar-refractivity contribution in [2.75, 3.05) is 24.6 Å². The zero-order valence-electron chi connectivity index (χ0n) is 9.81. The Kier molecular flexibility index (Phi) is 2.96. The van der Waals surface area contributed by atoms with E-state index in [-0.39, 0.29) is 5.54 Å². The lowest BCUT2D eigenvalue weighted by molar-refractivity contribution is 0.302. The Morgan fingerprint density at radius 3 is 2.88 bits per heavy atom. The van der Waals surface area contributed by atoms with Gasteiger partial charge in [0, 0.05) is 18.6 Å². The second kappa shape index (κ2) is 4.25. The van der Waals surface area contributed by atoms with E-state index in [1.165, 1.54) is 0 Å². The molecule has 1 aliphatic heterocycles. The fraction of sp³-hybridized carbons (Fsp3) is 0.636. The molecule has 88 valence electrons. The molecule has 1 fully saturated rings. The smallest absolute Gasteiger partial charge is 0.234 e. The van der Waals surface area contributed by atoms with E-state index in [1.54, 1.807) is 12.4 Å². The zero-order valence-corrected chi connectivity index (χ0v) is 9.81. The molecule has 2 heterocycles. The third kappa shape index (κ3) is 2.41. The summed E-state index contributed by atoms with van der Waals surface area (Å²) < 4.78 is 5.44. The number of aromatic nitrogens is 2. The summed E-state index contributed by atoms with van der Waals surface area (Å²) in [6.45, 7) is 6.41. The Morgan fingerprint density at radius 1 is 1.50 bits per heavy atom. The number of hydrogen-bond donors (Lipinski definition) is 1. The van der Waals surface area contributed by atoms with Crippen LogP contribution in [0.2, 0.25) is 0 Å². The second-order valence-electron chi connectivity index (χ2n) is 4.57. The van der Waals surface area contributed by atoms with E-state index < -0.39 is 0 Å². The standard InChI is InChI=1S/C11H18N4O/c1-3-4-16-10-6-13-5-9(14-10)15-7-11(2,12)8-15/h5-6H,3-4,7-8,12H2,1-2H3. The minimum atomic E-state index is -0.0953. The van der Waals surface area contributed by atoms with Crippen LogP contribution in [0.15, 0.2) is 12.4 Å². The van der Waals surface area contributed by atoms with E-state index in [2.05, 4.69) is 21.8 Å². The maximum absolute atomic E-state index is 5.95. The van der Waals surface area contributed by atoms with Crippen LogP contribution in [-0.2, 0) is 0 Å². The average molecular weight is 222 g/mol. The minimum absolute atomic E-state index is 0.0953. The first-order chi connectivity index (χ1) is 7.61. The van der Waals surface area contributed by atoms with Crippen molar-refractivity contribution in [3.05, 3.63) is 12.4 Å². The molecular weight excluding hydrogens is 204 g/mol. The van der Waals surface area contributed by atoms with E-state index in [0.29, 0.717) is 12.5 Å². The molecule has 0 unspecified atom stereocenters. The van der Waals surface area contributed by atoms with Crippen molar-refractivity contribution < 1.29 is 4.74 Å². The lowest BCUT2D eigenvalue weighted by Gasteiger charge is -2.45. The van der Waals surface area contributed by atoms with Gasteiger partial charge in [0.05, 0.1) is 19.0 Å². The van der Waals surface area contributed by atoms with Gasteiger partial charge in [0.1, 0.15) is 0 Å². The normalized spacial score (nSPS) is 18.1. The maximum Gasteiger partial charge on any atom is 0.234 e. The van der Waals surface area contributed by atoms with Gasteiger partial charge in [-0.05, 0) is 13.3 Å². The molecule has 0 spiro atoms. The quantitative estimate of drug-likeness (QED) is 0.816. The monoisotopic (exact) mass is 222 g/mol. The van der Waals surface area contributed by atoms with Crippen molar-refractivity contribution in [3.63, 3.8) is 0 Å². The molecule has 0 aliphatic carbocycles. The molecule has 0 amide bonds. The van der Waals surface area contributed by atoms with Crippen molar-refractivity contribution >= 4 is 5.82 Å². The van der Waals surface area contributed by atoms with Gasteiger partial charge >= 0.3 is 0 Å². The molecule has 1 aromatic heterocycles. The molecule has 0 radical (unpaired) electrons. The third-order valence-electron chi connectivity index (χ3n) is 2.48. The highest BCUT2D eigenvalue weighted by molar-refractivity contribution is 5.43. The molecule has 0 atom stereocenters. The molecule has 2 N–H and O–H groups in total. The maximum atomic E-state index is 5.95. The zero-order chi connectivity index (χ0) is 11.6. The number of nitrogens with two attached hydrogens (primary N) is 1. The summed E-state index contributed by atoms with van der Waals surface area (Å²) in [5.74, 6) is 1.43. The Bertz CT molecular complexity index is 359. The first kappa shape index (κ1) is 11.1. The second-order valence-corrected chi connectivity index (χ2v) is 4.57. The SMILES string of the molecule is CCCOc1cncc(N2CC(C)(N)C2)n1. The number of hydrogen-bond acceptors (Lipinski definition) is 5. The first-order valence-electron chi connectivity index (χ1n) is 5.59. The van der Waals surface area contributed by atoms with Crippen LogP contribution in [0, 0.1) is 0 Å². The van der Waals surface area contributed by atoms with E-state index in [0.717, 1.165) is 25.3 Å². The molecule has 0 aromatic carbocycles. The lowest BCUT2D eigenvalue weighted by atomic mass is 9.94. The Morgan fingerprint density at radius 2 is 2.25 bits per heavy atom. The highest BCUT2D eigenvalue weighted by atomic mass is 16.5. The summed E-state index contributed by atoms with van der Waals surface area (Å²) in [6.07, 6.45) is 4.35. The first-order valence-corrected chi connectivity index (χ1v) is 5.59. The average Bonchev–Trinajstić information content (AvgIpc) is 2.23. The van der Waals surface area contributed by atoms with Crippen LogP contribution < -0.4 is 15.4 Å².